The maximum atomic E-state index is 11.6. The van der Waals surface area contributed by atoms with Gasteiger partial charge in [-0.3, -0.25) is 4.79 Å². The van der Waals surface area contributed by atoms with Crippen LogP contribution >= 0.6 is 0 Å². The number of rotatable bonds is 3. The molecule has 0 spiro atoms. The van der Waals surface area contributed by atoms with Crippen molar-refractivity contribution in [2.75, 3.05) is 23.3 Å². The van der Waals surface area contributed by atoms with Gasteiger partial charge in [0.1, 0.15) is 0 Å². The number of anilines is 2. The molecule has 1 aliphatic heterocycles. The van der Waals surface area contributed by atoms with E-state index < -0.39 is 0 Å². The van der Waals surface area contributed by atoms with Crippen LogP contribution in [0.2, 0.25) is 0 Å². The van der Waals surface area contributed by atoms with Gasteiger partial charge in [-0.2, -0.15) is 0 Å². The summed E-state index contributed by atoms with van der Waals surface area (Å²) < 4.78 is 0. The second-order valence-electron chi connectivity index (χ2n) is 4.12. The van der Waals surface area contributed by atoms with E-state index >= 15 is 0 Å². The molecular formula is C12H17N3O. The summed E-state index contributed by atoms with van der Waals surface area (Å²) >= 11 is 0. The van der Waals surface area contributed by atoms with E-state index in [1.165, 1.54) is 0 Å². The first-order valence-corrected chi connectivity index (χ1v) is 5.58. The highest BCUT2D eigenvalue weighted by atomic mass is 16.2. The number of carbonyl (C=O) groups excluding carboxylic acids is 1. The zero-order chi connectivity index (χ0) is 11.5. The quantitative estimate of drug-likeness (QED) is 0.802. The Morgan fingerprint density at radius 2 is 2.25 bits per heavy atom. The van der Waals surface area contributed by atoms with Crippen LogP contribution in [0.4, 0.5) is 11.4 Å². The topological polar surface area (TPSA) is 58.4 Å². The van der Waals surface area contributed by atoms with E-state index in [-0.39, 0.29) is 11.9 Å². The first kappa shape index (κ1) is 11.0. The van der Waals surface area contributed by atoms with Crippen LogP contribution in [0.15, 0.2) is 24.3 Å². The van der Waals surface area contributed by atoms with Crippen molar-refractivity contribution in [3.8, 4) is 0 Å². The molecule has 4 nitrogen and oxygen atoms in total. The fourth-order valence-electron chi connectivity index (χ4n) is 2.05. The molecule has 1 heterocycles. The summed E-state index contributed by atoms with van der Waals surface area (Å²) in [5.41, 5.74) is 7.54. The Balaban J connectivity index is 2.29. The summed E-state index contributed by atoms with van der Waals surface area (Å²) in [5.74, 6) is 0.0440. The molecule has 1 aliphatic rings. The van der Waals surface area contributed by atoms with Gasteiger partial charge in [-0.1, -0.05) is 12.1 Å². The van der Waals surface area contributed by atoms with Crippen molar-refractivity contribution >= 4 is 17.3 Å². The molecule has 86 valence electrons. The molecular weight excluding hydrogens is 202 g/mol. The van der Waals surface area contributed by atoms with Gasteiger partial charge in [-0.05, 0) is 32.0 Å². The third-order valence-electron chi connectivity index (χ3n) is 2.92. The lowest BCUT2D eigenvalue weighted by Gasteiger charge is -2.35. The zero-order valence-electron chi connectivity index (χ0n) is 9.44. The first-order chi connectivity index (χ1) is 7.72. The van der Waals surface area contributed by atoms with E-state index in [0.717, 1.165) is 17.8 Å². The van der Waals surface area contributed by atoms with Gasteiger partial charge in [-0.15, -0.1) is 0 Å². The molecule has 1 unspecified atom stereocenters. The molecule has 4 heteroatoms. The van der Waals surface area contributed by atoms with E-state index in [1.807, 2.05) is 24.3 Å². The molecule has 16 heavy (non-hydrogen) atoms. The maximum absolute atomic E-state index is 11.6. The van der Waals surface area contributed by atoms with Crippen molar-refractivity contribution in [1.82, 2.24) is 0 Å². The molecule has 0 saturated heterocycles. The summed E-state index contributed by atoms with van der Waals surface area (Å²) in [5, 5.41) is 2.87. The predicted molar refractivity (Wildman–Crippen MR) is 65.6 cm³/mol. The van der Waals surface area contributed by atoms with Crippen molar-refractivity contribution in [1.29, 1.82) is 0 Å². The summed E-state index contributed by atoms with van der Waals surface area (Å²) in [6.07, 6.45) is 0.890. The standard InChI is InChI=1S/C12H17N3O/c1-9(6-7-13)15-8-12(16)14-10-4-2-3-5-11(10)15/h2-5,9H,6-8,13H2,1H3,(H,14,16). The molecule has 0 aliphatic carbocycles. The van der Waals surface area contributed by atoms with E-state index in [4.69, 9.17) is 5.73 Å². The van der Waals surface area contributed by atoms with Gasteiger partial charge >= 0.3 is 0 Å². The van der Waals surface area contributed by atoms with E-state index in [9.17, 15) is 4.79 Å². The van der Waals surface area contributed by atoms with Crippen LogP contribution in [0.25, 0.3) is 0 Å². The normalized spacial score (nSPS) is 16.6. The minimum absolute atomic E-state index is 0.0440. The number of fused-ring (bicyclic) bond motifs is 1. The molecule has 0 bridgehead atoms. The molecule has 0 aromatic heterocycles. The smallest absolute Gasteiger partial charge is 0.243 e. The number of carbonyl (C=O) groups is 1. The number of nitrogens with zero attached hydrogens (tertiary/aromatic N) is 1. The number of para-hydroxylation sites is 2. The SMILES string of the molecule is CC(CCN)N1CC(=O)Nc2ccccc21. The van der Waals surface area contributed by atoms with Gasteiger partial charge in [0.2, 0.25) is 5.91 Å². The lowest BCUT2D eigenvalue weighted by atomic mass is 10.1. The molecule has 0 saturated carbocycles. The van der Waals surface area contributed by atoms with Gasteiger partial charge in [-0.25, -0.2) is 0 Å². The van der Waals surface area contributed by atoms with Crippen molar-refractivity contribution in [3.63, 3.8) is 0 Å². The first-order valence-electron chi connectivity index (χ1n) is 5.58. The van der Waals surface area contributed by atoms with Crippen LogP contribution in [0.1, 0.15) is 13.3 Å². The summed E-state index contributed by atoms with van der Waals surface area (Å²) in [6.45, 7) is 3.15. The average Bonchev–Trinajstić information content (AvgIpc) is 2.28. The molecule has 3 N–H and O–H groups in total. The summed E-state index contributed by atoms with van der Waals surface area (Å²) in [4.78, 5) is 13.7. The molecule has 2 rings (SSSR count). The monoisotopic (exact) mass is 219 g/mol. The number of amides is 1. The van der Waals surface area contributed by atoms with Crippen LogP contribution in [0.5, 0.6) is 0 Å². The molecule has 1 aromatic carbocycles. The third kappa shape index (κ3) is 2.02. The Morgan fingerprint density at radius 3 is 3.00 bits per heavy atom. The van der Waals surface area contributed by atoms with Gasteiger partial charge in [0.25, 0.3) is 0 Å². The Labute approximate surface area is 95.4 Å². The van der Waals surface area contributed by atoms with Crippen LogP contribution in [-0.4, -0.2) is 25.0 Å². The fourth-order valence-corrected chi connectivity index (χ4v) is 2.05. The average molecular weight is 219 g/mol. The van der Waals surface area contributed by atoms with E-state index in [2.05, 4.69) is 17.1 Å². The maximum Gasteiger partial charge on any atom is 0.243 e. The fraction of sp³-hybridized carbons (Fsp3) is 0.417. The highest BCUT2D eigenvalue weighted by Crippen LogP contribution is 2.30. The lowest BCUT2D eigenvalue weighted by Crippen LogP contribution is -2.44. The second kappa shape index (κ2) is 4.53. The van der Waals surface area contributed by atoms with E-state index in [1.54, 1.807) is 0 Å². The van der Waals surface area contributed by atoms with Crippen LogP contribution < -0.4 is 16.0 Å². The number of hydrogen-bond acceptors (Lipinski definition) is 3. The second-order valence-corrected chi connectivity index (χ2v) is 4.12. The number of nitrogens with two attached hydrogens (primary N) is 1. The minimum atomic E-state index is 0.0440. The summed E-state index contributed by atoms with van der Waals surface area (Å²) in [7, 11) is 0. The Hall–Kier alpha value is -1.55. The van der Waals surface area contributed by atoms with Crippen molar-refractivity contribution in [2.24, 2.45) is 5.73 Å². The minimum Gasteiger partial charge on any atom is -0.358 e. The molecule has 0 fully saturated rings. The Kier molecular flexibility index (Phi) is 3.10. The lowest BCUT2D eigenvalue weighted by molar-refractivity contribution is -0.115. The van der Waals surface area contributed by atoms with Crippen molar-refractivity contribution in [2.45, 2.75) is 19.4 Å². The number of nitrogens with one attached hydrogen (secondary N) is 1. The van der Waals surface area contributed by atoms with Crippen LogP contribution in [-0.2, 0) is 4.79 Å². The van der Waals surface area contributed by atoms with Gasteiger partial charge in [0, 0.05) is 6.04 Å². The third-order valence-corrected chi connectivity index (χ3v) is 2.92. The zero-order valence-corrected chi connectivity index (χ0v) is 9.44. The number of hydrogen-bond donors (Lipinski definition) is 2. The summed E-state index contributed by atoms with van der Waals surface area (Å²) in [6, 6.07) is 8.16. The molecule has 1 aromatic rings. The highest BCUT2D eigenvalue weighted by Gasteiger charge is 2.24. The molecule has 1 atom stereocenters. The van der Waals surface area contributed by atoms with Crippen LogP contribution in [0, 0.1) is 0 Å². The van der Waals surface area contributed by atoms with Gasteiger partial charge < -0.3 is 16.0 Å². The van der Waals surface area contributed by atoms with Crippen molar-refractivity contribution in [3.05, 3.63) is 24.3 Å². The molecule has 0 radical (unpaired) electrons. The van der Waals surface area contributed by atoms with Gasteiger partial charge in [0.05, 0.1) is 17.9 Å². The number of benzene rings is 1. The van der Waals surface area contributed by atoms with Crippen LogP contribution in [0.3, 0.4) is 0 Å². The Bertz CT molecular complexity index is 392. The highest BCUT2D eigenvalue weighted by molar-refractivity contribution is 6.01. The Morgan fingerprint density at radius 1 is 1.50 bits per heavy atom. The van der Waals surface area contributed by atoms with E-state index in [0.29, 0.717) is 13.1 Å². The van der Waals surface area contributed by atoms with Crippen molar-refractivity contribution < 1.29 is 4.79 Å². The predicted octanol–water partition coefficient (Wildman–Crippen LogP) is 1.18. The molecule has 1 amide bonds. The van der Waals surface area contributed by atoms with Gasteiger partial charge in [0.15, 0.2) is 0 Å². The largest absolute Gasteiger partial charge is 0.358 e.